The molecule has 0 unspecified atom stereocenters. The monoisotopic (exact) mass is 333 g/mol. The van der Waals surface area contributed by atoms with Gasteiger partial charge >= 0.3 is 0 Å². The maximum absolute atomic E-state index is 11.9. The topological polar surface area (TPSA) is 68.0 Å². The normalized spacial score (nSPS) is 11.0. The number of aromatic nitrogens is 2. The van der Waals surface area contributed by atoms with Crippen molar-refractivity contribution >= 4 is 40.1 Å². The third-order valence-corrected chi connectivity index (χ3v) is 4.95. The molecule has 0 aliphatic heterocycles. The van der Waals surface area contributed by atoms with Gasteiger partial charge in [0.05, 0.1) is 23.0 Å². The number of hydrogen-bond donors (Lipinski definition) is 1. The van der Waals surface area contributed by atoms with Crippen LogP contribution in [0.5, 0.6) is 0 Å². The lowest BCUT2D eigenvalue weighted by atomic mass is 10.3. The van der Waals surface area contributed by atoms with Crippen LogP contribution in [0, 0.1) is 13.8 Å². The summed E-state index contributed by atoms with van der Waals surface area (Å²) in [6, 6.07) is 7.55. The molecule has 114 valence electrons. The fourth-order valence-electron chi connectivity index (χ4n) is 2.01. The molecule has 1 amide bonds. The molecule has 1 N–H and O–H groups in total. The van der Waals surface area contributed by atoms with Crippen LogP contribution >= 0.6 is 23.1 Å². The fourth-order valence-corrected chi connectivity index (χ4v) is 3.55. The van der Waals surface area contributed by atoms with Gasteiger partial charge < -0.3 is 9.73 Å². The van der Waals surface area contributed by atoms with Gasteiger partial charge in [-0.2, -0.15) is 0 Å². The highest BCUT2D eigenvalue weighted by Crippen LogP contribution is 2.23. The van der Waals surface area contributed by atoms with Crippen LogP contribution in [-0.2, 0) is 11.3 Å². The number of oxazole rings is 1. The second kappa shape index (κ2) is 6.50. The van der Waals surface area contributed by atoms with Crippen molar-refractivity contribution in [3.05, 3.63) is 39.8 Å². The Hall–Kier alpha value is -1.86. The molecule has 3 aromatic rings. The van der Waals surface area contributed by atoms with Gasteiger partial charge in [0, 0.05) is 4.88 Å². The van der Waals surface area contributed by atoms with Crippen LogP contribution in [0.2, 0.25) is 0 Å². The van der Waals surface area contributed by atoms with Crippen LogP contribution in [-0.4, -0.2) is 21.6 Å². The van der Waals surface area contributed by atoms with Gasteiger partial charge in [0.25, 0.3) is 5.22 Å². The van der Waals surface area contributed by atoms with Crippen LogP contribution in [0.25, 0.3) is 11.1 Å². The van der Waals surface area contributed by atoms with E-state index < -0.39 is 0 Å². The second-order valence-electron chi connectivity index (χ2n) is 4.75. The Kier molecular flexibility index (Phi) is 4.44. The number of benzene rings is 1. The van der Waals surface area contributed by atoms with E-state index in [1.165, 1.54) is 11.8 Å². The van der Waals surface area contributed by atoms with E-state index in [9.17, 15) is 4.79 Å². The summed E-state index contributed by atoms with van der Waals surface area (Å²) in [7, 11) is 0. The lowest BCUT2D eigenvalue weighted by Gasteiger charge is -2.02. The minimum Gasteiger partial charge on any atom is -0.431 e. The molecule has 0 aliphatic rings. The van der Waals surface area contributed by atoms with Crippen LogP contribution in [0.3, 0.4) is 0 Å². The van der Waals surface area contributed by atoms with Crippen molar-refractivity contribution in [3.63, 3.8) is 0 Å². The summed E-state index contributed by atoms with van der Waals surface area (Å²) < 4.78 is 5.57. The highest BCUT2D eigenvalue weighted by Gasteiger charge is 2.10. The number of nitrogens with zero attached hydrogens (tertiary/aromatic N) is 2. The van der Waals surface area contributed by atoms with Crippen molar-refractivity contribution in [2.45, 2.75) is 25.6 Å². The van der Waals surface area contributed by atoms with E-state index in [2.05, 4.69) is 15.3 Å². The first-order valence-corrected chi connectivity index (χ1v) is 8.60. The van der Waals surface area contributed by atoms with Gasteiger partial charge in [-0.1, -0.05) is 23.9 Å². The Bertz CT molecular complexity index is 777. The van der Waals surface area contributed by atoms with Crippen LogP contribution in [0.15, 0.2) is 33.9 Å². The summed E-state index contributed by atoms with van der Waals surface area (Å²) >= 11 is 2.91. The molecule has 22 heavy (non-hydrogen) atoms. The number of hydrogen-bond acceptors (Lipinski definition) is 6. The first-order valence-electron chi connectivity index (χ1n) is 6.80. The summed E-state index contributed by atoms with van der Waals surface area (Å²) in [6.07, 6.45) is 0. The Balaban J connectivity index is 1.52. The van der Waals surface area contributed by atoms with Gasteiger partial charge in [-0.05, 0) is 26.0 Å². The molecule has 3 rings (SSSR count). The first-order chi connectivity index (χ1) is 10.6. The number of thioether (sulfide) groups is 1. The fraction of sp³-hybridized carbons (Fsp3) is 0.267. The quantitative estimate of drug-likeness (QED) is 0.726. The highest BCUT2D eigenvalue weighted by molar-refractivity contribution is 7.99. The first kappa shape index (κ1) is 15.1. The van der Waals surface area contributed by atoms with Crippen molar-refractivity contribution in [2.24, 2.45) is 0 Å². The Morgan fingerprint density at radius 1 is 1.32 bits per heavy atom. The smallest absolute Gasteiger partial charge is 0.257 e. The number of amides is 1. The maximum atomic E-state index is 11.9. The predicted octanol–water partition coefficient (Wildman–Crippen LogP) is 3.31. The van der Waals surface area contributed by atoms with Crippen LogP contribution in [0.4, 0.5) is 0 Å². The third kappa shape index (κ3) is 3.48. The largest absolute Gasteiger partial charge is 0.431 e. The molecule has 0 radical (unpaired) electrons. The van der Waals surface area contributed by atoms with Crippen molar-refractivity contribution in [1.29, 1.82) is 0 Å². The number of nitrogens with one attached hydrogen (secondary N) is 1. The summed E-state index contributed by atoms with van der Waals surface area (Å²) in [5.74, 6) is 0.238. The van der Waals surface area contributed by atoms with E-state index in [0.29, 0.717) is 11.8 Å². The zero-order valence-corrected chi connectivity index (χ0v) is 13.9. The van der Waals surface area contributed by atoms with Crippen LogP contribution in [0.1, 0.15) is 15.6 Å². The molecule has 2 heterocycles. The zero-order chi connectivity index (χ0) is 15.5. The molecule has 0 saturated heterocycles. The minimum atomic E-state index is -0.0438. The molecule has 0 saturated carbocycles. The van der Waals surface area contributed by atoms with Gasteiger partial charge in [-0.15, -0.1) is 11.3 Å². The predicted molar refractivity (Wildman–Crippen MR) is 88.2 cm³/mol. The van der Waals surface area contributed by atoms with E-state index >= 15 is 0 Å². The molecule has 0 atom stereocenters. The van der Waals surface area contributed by atoms with Crippen molar-refractivity contribution < 1.29 is 9.21 Å². The Morgan fingerprint density at radius 2 is 2.14 bits per heavy atom. The zero-order valence-electron chi connectivity index (χ0n) is 12.3. The van der Waals surface area contributed by atoms with Crippen molar-refractivity contribution in [3.8, 4) is 0 Å². The third-order valence-electron chi connectivity index (χ3n) is 3.05. The van der Waals surface area contributed by atoms with Crippen molar-refractivity contribution in [2.75, 3.05) is 5.75 Å². The summed E-state index contributed by atoms with van der Waals surface area (Å²) in [4.78, 5) is 21.7. The minimum absolute atomic E-state index is 0.0438. The van der Waals surface area contributed by atoms with Gasteiger partial charge in [-0.25, -0.2) is 9.97 Å². The molecule has 0 aliphatic carbocycles. The van der Waals surface area contributed by atoms with Gasteiger partial charge in [0.15, 0.2) is 5.58 Å². The molecular formula is C15H15N3O2S2. The van der Waals surface area contributed by atoms with Gasteiger partial charge in [0.1, 0.15) is 5.52 Å². The second-order valence-corrected chi connectivity index (χ2v) is 6.97. The molecular weight excluding hydrogens is 318 g/mol. The van der Waals surface area contributed by atoms with Crippen LogP contribution < -0.4 is 5.32 Å². The lowest BCUT2D eigenvalue weighted by Crippen LogP contribution is -2.24. The molecule has 1 aromatic carbocycles. The van der Waals surface area contributed by atoms with E-state index in [0.717, 1.165) is 26.7 Å². The molecule has 2 aromatic heterocycles. The summed E-state index contributed by atoms with van der Waals surface area (Å²) in [6.45, 7) is 4.44. The standard InChI is InChI=1S/C15H15N3O2S2/c1-9-13(22-10(2)17-9)7-16-14(19)8-21-15-18-11-5-3-4-6-12(11)20-15/h3-6H,7-8H2,1-2H3,(H,16,19). The summed E-state index contributed by atoms with van der Waals surface area (Å²) in [5.41, 5.74) is 2.52. The number of thiazole rings is 1. The molecule has 0 spiro atoms. The Labute approximate surface area is 136 Å². The average molecular weight is 333 g/mol. The molecule has 0 fully saturated rings. The number of para-hydroxylation sites is 2. The maximum Gasteiger partial charge on any atom is 0.257 e. The van der Waals surface area contributed by atoms with E-state index in [1.54, 1.807) is 11.3 Å². The van der Waals surface area contributed by atoms with Gasteiger partial charge in [0.2, 0.25) is 5.91 Å². The number of rotatable bonds is 5. The number of carbonyl (C=O) groups excluding carboxylic acids is 1. The Morgan fingerprint density at radius 3 is 2.86 bits per heavy atom. The highest BCUT2D eigenvalue weighted by atomic mass is 32.2. The van der Waals surface area contributed by atoms with E-state index in [4.69, 9.17) is 4.42 Å². The average Bonchev–Trinajstić information content (AvgIpc) is 3.05. The van der Waals surface area contributed by atoms with E-state index in [1.807, 2.05) is 38.1 Å². The number of carbonyl (C=O) groups is 1. The van der Waals surface area contributed by atoms with Gasteiger partial charge in [-0.3, -0.25) is 4.79 Å². The number of aryl methyl sites for hydroxylation is 2. The lowest BCUT2D eigenvalue weighted by molar-refractivity contribution is -0.118. The molecule has 0 bridgehead atoms. The van der Waals surface area contributed by atoms with E-state index in [-0.39, 0.29) is 11.7 Å². The molecule has 7 heteroatoms. The number of fused-ring (bicyclic) bond motifs is 1. The van der Waals surface area contributed by atoms with Crippen molar-refractivity contribution in [1.82, 2.24) is 15.3 Å². The molecule has 5 nitrogen and oxygen atoms in total. The summed E-state index contributed by atoms with van der Waals surface area (Å²) in [5, 5.41) is 4.43. The SMILES string of the molecule is Cc1nc(C)c(CNC(=O)CSc2nc3ccccc3o2)s1.